The topological polar surface area (TPSA) is 66.8 Å². The summed E-state index contributed by atoms with van der Waals surface area (Å²) in [5.41, 5.74) is 2.39. The van der Waals surface area contributed by atoms with Gasteiger partial charge in [-0.25, -0.2) is 0 Å². The van der Waals surface area contributed by atoms with Gasteiger partial charge < -0.3 is 9.84 Å². The summed E-state index contributed by atoms with van der Waals surface area (Å²) >= 11 is 1.70. The highest BCUT2D eigenvalue weighted by atomic mass is 32.1. The van der Waals surface area contributed by atoms with Gasteiger partial charge in [0.05, 0.1) is 18.7 Å². The molecule has 5 nitrogen and oxygen atoms in total. The summed E-state index contributed by atoms with van der Waals surface area (Å²) in [5, 5.41) is 10.8. The molecular formula is C26H25NO4S. The highest BCUT2D eigenvalue weighted by molar-refractivity contribution is 7.15. The summed E-state index contributed by atoms with van der Waals surface area (Å²) in [7, 11) is 1.55. The van der Waals surface area contributed by atoms with Gasteiger partial charge in [0.1, 0.15) is 5.75 Å². The first kappa shape index (κ1) is 21.8. The molecule has 164 valence electrons. The van der Waals surface area contributed by atoms with Crippen molar-refractivity contribution >= 4 is 28.7 Å². The Hall–Kier alpha value is -3.38. The van der Waals surface area contributed by atoms with Crippen LogP contribution in [0.4, 0.5) is 5.69 Å². The van der Waals surface area contributed by atoms with Gasteiger partial charge in [0.25, 0.3) is 5.91 Å². The Morgan fingerprint density at radius 2 is 1.75 bits per heavy atom. The number of aryl methyl sites for hydroxylation is 1. The molecule has 0 bridgehead atoms. The van der Waals surface area contributed by atoms with Gasteiger partial charge in [-0.2, -0.15) is 0 Å². The van der Waals surface area contributed by atoms with E-state index in [4.69, 9.17) is 4.74 Å². The molecule has 0 aliphatic carbocycles. The van der Waals surface area contributed by atoms with E-state index in [1.807, 2.05) is 42.5 Å². The Labute approximate surface area is 191 Å². The molecule has 0 spiro atoms. The zero-order valence-corrected chi connectivity index (χ0v) is 19.3. The Morgan fingerprint density at radius 3 is 2.34 bits per heavy atom. The predicted molar refractivity (Wildman–Crippen MR) is 127 cm³/mol. The Balaban J connectivity index is 1.83. The van der Waals surface area contributed by atoms with Crippen LogP contribution in [0, 0.1) is 12.8 Å². The lowest BCUT2D eigenvalue weighted by Crippen LogP contribution is -2.31. The van der Waals surface area contributed by atoms with Crippen LogP contribution in [0.15, 0.2) is 72.0 Å². The molecule has 2 aromatic carbocycles. The minimum absolute atomic E-state index is 0.104. The number of nitrogens with zero attached hydrogens (tertiary/aromatic N) is 1. The summed E-state index contributed by atoms with van der Waals surface area (Å²) in [6.07, 6.45) is 0. The van der Waals surface area contributed by atoms with Gasteiger partial charge in [0, 0.05) is 26.9 Å². The smallest absolute Gasteiger partial charge is 0.294 e. The van der Waals surface area contributed by atoms with Crippen molar-refractivity contribution in [1.82, 2.24) is 0 Å². The average Bonchev–Trinajstić information content (AvgIpc) is 3.34. The van der Waals surface area contributed by atoms with Crippen molar-refractivity contribution in [2.45, 2.75) is 26.8 Å². The molecule has 0 fully saturated rings. The second-order valence-corrected chi connectivity index (χ2v) is 9.35. The third-order valence-corrected chi connectivity index (χ3v) is 6.65. The molecule has 1 amide bonds. The number of benzene rings is 2. The van der Waals surface area contributed by atoms with E-state index in [0.29, 0.717) is 17.0 Å². The number of hydrogen-bond donors (Lipinski definition) is 1. The number of para-hydroxylation sites is 1. The molecule has 1 aliphatic rings. The maximum absolute atomic E-state index is 13.2. The number of hydrogen-bond acceptors (Lipinski definition) is 5. The fourth-order valence-corrected chi connectivity index (χ4v) is 4.87. The number of aliphatic hydroxyl groups excluding tert-OH is 1. The van der Waals surface area contributed by atoms with Crippen molar-refractivity contribution < 1.29 is 19.4 Å². The lowest BCUT2D eigenvalue weighted by molar-refractivity contribution is -0.119. The number of rotatable bonds is 6. The fourth-order valence-electron chi connectivity index (χ4n) is 4.00. The van der Waals surface area contributed by atoms with Crippen LogP contribution in [-0.4, -0.2) is 23.9 Å². The predicted octanol–water partition coefficient (Wildman–Crippen LogP) is 5.86. The first-order valence-corrected chi connectivity index (χ1v) is 11.3. The summed E-state index contributed by atoms with van der Waals surface area (Å²) in [5.74, 6) is -1.19. The van der Waals surface area contributed by atoms with E-state index in [1.54, 1.807) is 38.4 Å². The van der Waals surface area contributed by atoms with Gasteiger partial charge >= 0.3 is 0 Å². The van der Waals surface area contributed by atoms with Crippen LogP contribution in [0.25, 0.3) is 10.4 Å². The fraction of sp³-hybridized carbons (Fsp3) is 0.231. The quantitative estimate of drug-likeness (QED) is 0.514. The molecule has 1 aromatic heterocycles. The lowest BCUT2D eigenvalue weighted by Gasteiger charge is -2.28. The lowest BCUT2D eigenvalue weighted by atomic mass is 9.90. The van der Waals surface area contributed by atoms with Gasteiger partial charge in [-0.3, -0.25) is 14.5 Å². The summed E-state index contributed by atoms with van der Waals surface area (Å²) in [4.78, 5) is 30.1. The molecule has 3 aromatic rings. The van der Waals surface area contributed by atoms with Crippen molar-refractivity contribution in [1.29, 1.82) is 0 Å². The SMILES string of the molecule is COc1ccccc1C1C(C(=O)C(C)C)=C(O)C(=O)N1c1ccc(-c2ccc(C)s2)cc1. The van der Waals surface area contributed by atoms with E-state index in [2.05, 4.69) is 19.1 Å². The van der Waals surface area contributed by atoms with E-state index < -0.39 is 17.7 Å². The van der Waals surface area contributed by atoms with Crippen molar-refractivity contribution in [3.05, 3.63) is 82.4 Å². The summed E-state index contributed by atoms with van der Waals surface area (Å²) in [6.45, 7) is 5.57. The van der Waals surface area contributed by atoms with E-state index in [1.165, 1.54) is 9.78 Å². The van der Waals surface area contributed by atoms with E-state index in [9.17, 15) is 14.7 Å². The van der Waals surface area contributed by atoms with Crippen LogP contribution in [-0.2, 0) is 9.59 Å². The monoisotopic (exact) mass is 447 g/mol. The average molecular weight is 448 g/mol. The van der Waals surface area contributed by atoms with E-state index in [-0.39, 0.29) is 17.3 Å². The van der Waals surface area contributed by atoms with Crippen LogP contribution >= 0.6 is 11.3 Å². The molecule has 0 saturated carbocycles. The number of thiophene rings is 1. The molecule has 32 heavy (non-hydrogen) atoms. The number of anilines is 1. The first-order chi connectivity index (χ1) is 15.3. The third-order valence-electron chi connectivity index (χ3n) is 5.60. The standard InChI is InChI=1S/C26H25NO4S/c1-15(2)24(28)22-23(19-7-5-6-8-20(19)31-4)27(26(30)25(22)29)18-12-10-17(11-13-18)21-14-9-16(3)32-21/h5-15,23,29H,1-4H3. The number of Topliss-reactive ketones (excluding diaryl/α,β-unsaturated/α-hetero) is 1. The van der Waals surface area contributed by atoms with E-state index in [0.717, 1.165) is 10.4 Å². The second-order valence-electron chi connectivity index (χ2n) is 8.06. The normalized spacial score (nSPS) is 16.2. The van der Waals surface area contributed by atoms with Gasteiger partial charge in [0.15, 0.2) is 11.5 Å². The van der Waals surface area contributed by atoms with Crippen molar-refractivity contribution in [2.75, 3.05) is 12.0 Å². The number of ether oxygens (including phenoxy) is 1. The number of aliphatic hydroxyl groups is 1. The first-order valence-electron chi connectivity index (χ1n) is 10.4. The molecule has 1 unspecified atom stereocenters. The summed E-state index contributed by atoms with van der Waals surface area (Å²) < 4.78 is 5.53. The number of carbonyl (C=O) groups is 2. The molecule has 1 aliphatic heterocycles. The largest absolute Gasteiger partial charge is 0.503 e. The maximum atomic E-state index is 13.2. The number of methoxy groups -OCH3 is 1. The van der Waals surface area contributed by atoms with Gasteiger partial charge in [0.2, 0.25) is 0 Å². The highest BCUT2D eigenvalue weighted by Crippen LogP contribution is 2.45. The molecule has 0 saturated heterocycles. The molecule has 2 heterocycles. The van der Waals surface area contributed by atoms with Gasteiger partial charge in [-0.1, -0.05) is 44.2 Å². The molecule has 4 rings (SSSR count). The minimum Gasteiger partial charge on any atom is -0.503 e. The Bertz CT molecular complexity index is 1210. The Morgan fingerprint density at radius 1 is 1.06 bits per heavy atom. The molecule has 6 heteroatoms. The van der Waals surface area contributed by atoms with Crippen molar-refractivity contribution in [3.8, 4) is 16.2 Å². The van der Waals surface area contributed by atoms with Crippen molar-refractivity contribution in [3.63, 3.8) is 0 Å². The zero-order valence-electron chi connectivity index (χ0n) is 18.5. The van der Waals surface area contributed by atoms with Crippen LogP contribution in [0.3, 0.4) is 0 Å². The van der Waals surface area contributed by atoms with Gasteiger partial charge in [-0.05, 0) is 42.8 Å². The molecule has 0 radical (unpaired) electrons. The minimum atomic E-state index is -0.775. The number of ketones is 1. The van der Waals surface area contributed by atoms with Crippen LogP contribution in [0.1, 0.15) is 30.3 Å². The van der Waals surface area contributed by atoms with E-state index >= 15 is 0 Å². The highest BCUT2D eigenvalue weighted by Gasteiger charge is 2.45. The third kappa shape index (κ3) is 3.71. The van der Waals surface area contributed by atoms with Gasteiger partial charge in [-0.15, -0.1) is 11.3 Å². The molecular weight excluding hydrogens is 422 g/mol. The maximum Gasteiger partial charge on any atom is 0.294 e. The summed E-state index contributed by atoms with van der Waals surface area (Å²) in [6, 6.07) is 18.2. The number of amides is 1. The Kier molecular flexibility index (Phi) is 5.89. The van der Waals surface area contributed by atoms with Crippen molar-refractivity contribution in [2.24, 2.45) is 5.92 Å². The molecule has 1 N–H and O–H groups in total. The molecule has 1 atom stereocenters. The van der Waals surface area contributed by atoms with Crippen LogP contribution in [0.2, 0.25) is 0 Å². The second kappa shape index (κ2) is 8.63. The zero-order chi connectivity index (χ0) is 23.0. The number of carbonyl (C=O) groups excluding carboxylic acids is 2. The van der Waals surface area contributed by atoms with Crippen LogP contribution < -0.4 is 9.64 Å². The van der Waals surface area contributed by atoms with Crippen LogP contribution in [0.5, 0.6) is 5.75 Å².